The van der Waals surface area contributed by atoms with E-state index in [0.29, 0.717) is 17.2 Å². The van der Waals surface area contributed by atoms with Gasteiger partial charge in [0.05, 0.1) is 7.11 Å². The van der Waals surface area contributed by atoms with E-state index < -0.39 is 11.9 Å². The normalized spacial score (nSPS) is 11.8. The van der Waals surface area contributed by atoms with E-state index in [0.717, 1.165) is 17.7 Å². The number of phenolic OH excluding ortho intramolecular Hbond substituents is 1. The first kappa shape index (κ1) is 21.0. The average molecular weight is 383 g/mol. The van der Waals surface area contributed by atoms with Gasteiger partial charge in [-0.3, -0.25) is 4.79 Å². The predicted octanol–water partition coefficient (Wildman–Crippen LogP) is 4.11. The number of carbonyl (C=O) groups excluding carboxylic acids is 2. The molecule has 0 bridgehead atoms. The Kier molecular flexibility index (Phi) is 7.63. The molecule has 0 saturated carbocycles. The lowest BCUT2D eigenvalue weighted by atomic mass is 9.97. The highest BCUT2D eigenvalue weighted by atomic mass is 16.5. The van der Waals surface area contributed by atoms with Crippen LogP contribution in [0.25, 0.3) is 6.08 Å². The quantitative estimate of drug-likeness (QED) is 0.529. The minimum atomic E-state index is -0.641. The van der Waals surface area contributed by atoms with Crippen molar-refractivity contribution >= 4 is 23.6 Å². The fourth-order valence-corrected chi connectivity index (χ4v) is 2.59. The van der Waals surface area contributed by atoms with Gasteiger partial charge in [-0.1, -0.05) is 38.1 Å². The summed E-state index contributed by atoms with van der Waals surface area (Å²) in [5, 5.41) is 12.4. The first-order valence-electron chi connectivity index (χ1n) is 9.05. The van der Waals surface area contributed by atoms with Crippen LogP contribution in [0, 0.1) is 0 Å². The number of aromatic hydroxyl groups is 1. The Morgan fingerprint density at radius 3 is 2.68 bits per heavy atom. The highest BCUT2D eigenvalue weighted by molar-refractivity contribution is 5.95. The molecule has 0 aliphatic carbocycles. The molecular weight excluding hydrogens is 358 g/mol. The molecule has 2 aromatic rings. The van der Waals surface area contributed by atoms with Gasteiger partial charge in [-0.2, -0.15) is 0 Å². The smallest absolute Gasteiger partial charge is 0.331 e. The maximum atomic E-state index is 12.1. The van der Waals surface area contributed by atoms with Crippen molar-refractivity contribution in [3.05, 3.63) is 59.7 Å². The number of nitrogens with one attached hydrogen (secondary N) is 1. The molecule has 148 valence electrons. The molecule has 0 spiro atoms. The summed E-state index contributed by atoms with van der Waals surface area (Å²) >= 11 is 0. The van der Waals surface area contributed by atoms with Crippen LogP contribution in [0.3, 0.4) is 0 Å². The van der Waals surface area contributed by atoms with E-state index in [2.05, 4.69) is 19.2 Å². The molecule has 0 aliphatic rings. The van der Waals surface area contributed by atoms with Gasteiger partial charge in [0.15, 0.2) is 18.1 Å². The van der Waals surface area contributed by atoms with Crippen molar-refractivity contribution in [2.24, 2.45) is 0 Å². The fraction of sp³-hybridized carbons (Fsp3) is 0.273. The van der Waals surface area contributed by atoms with Gasteiger partial charge in [-0.05, 0) is 47.7 Å². The molecule has 1 atom stereocenters. The lowest BCUT2D eigenvalue weighted by Crippen LogP contribution is -2.21. The molecule has 0 heterocycles. The van der Waals surface area contributed by atoms with Crippen LogP contribution in [0.2, 0.25) is 0 Å². The van der Waals surface area contributed by atoms with Gasteiger partial charge in [0.2, 0.25) is 0 Å². The van der Waals surface area contributed by atoms with E-state index in [-0.39, 0.29) is 12.4 Å². The molecule has 0 aromatic heterocycles. The van der Waals surface area contributed by atoms with Crippen molar-refractivity contribution in [2.45, 2.75) is 26.2 Å². The Labute approximate surface area is 164 Å². The number of benzene rings is 2. The summed E-state index contributed by atoms with van der Waals surface area (Å²) in [6.45, 7) is 3.80. The summed E-state index contributed by atoms with van der Waals surface area (Å²) in [6.07, 6.45) is 3.68. The molecular formula is C22H25NO5. The van der Waals surface area contributed by atoms with Gasteiger partial charge in [0.1, 0.15) is 0 Å². The summed E-state index contributed by atoms with van der Waals surface area (Å²) < 4.78 is 10.00. The topological polar surface area (TPSA) is 84.9 Å². The number of ether oxygens (including phenoxy) is 2. The monoisotopic (exact) mass is 383 g/mol. The van der Waals surface area contributed by atoms with Crippen LogP contribution in [0.1, 0.15) is 37.3 Å². The highest BCUT2D eigenvalue weighted by Crippen LogP contribution is 2.27. The zero-order valence-corrected chi connectivity index (χ0v) is 16.3. The van der Waals surface area contributed by atoms with Crippen LogP contribution >= 0.6 is 0 Å². The number of amides is 1. The SMILES string of the molecule is CCC(C)c1ccccc1NC(=O)COC(=O)C=Cc1ccc(O)c(OC)c1. The minimum Gasteiger partial charge on any atom is -0.504 e. The van der Waals surface area contributed by atoms with Gasteiger partial charge in [0.25, 0.3) is 5.91 Å². The van der Waals surface area contributed by atoms with Crippen molar-refractivity contribution in [2.75, 3.05) is 19.0 Å². The number of hydrogen-bond donors (Lipinski definition) is 2. The second kappa shape index (κ2) is 10.2. The highest BCUT2D eigenvalue weighted by Gasteiger charge is 2.12. The number of phenols is 1. The van der Waals surface area contributed by atoms with Gasteiger partial charge < -0.3 is 19.9 Å². The zero-order valence-electron chi connectivity index (χ0n) is 16.3. The summed E-state index contributed by atoms with van der Waals surface area (Å²) in [5.41, 5.74) is 2.43. The maximum Gasteiger partial charge on any atom is 0.331 e. The number of hydrogen-bond acceptors (Lipinski definition) is 5. The van der Waals surface area contributed by atoms with E-state index in [1.807, 2.05) is 24.3 Å². The molecule has 1 amide bonds. The van der Waals surface area contributed by atoms with E-state index in [4.69, 9.17) is 9.47 Å². The maximum absolute atomic E-state index is 12.1. The Balaban J connectivity index is 1.90. The number of esters is 1. The van der Waals surface area contributed by atoms with Crippen molar-refractivity contribution in [1.29, 1.82) is 0 Å². The number of rotatable bonds is 8. The summed E-state index contributed by atoms with van der Waals surface area (Å²) in [4.78, 5) is 24.0. The average Bonchev–Trinajstić information content (AvgIpc) is 2.71. The van der Waals surface area contributed by atoms with Crippen LogP contribution in [-0.2, 0) is 14.3 Å². The molecule has 1 unspecified atom stereocenters. The number of carbonyl (C=O) groups is 2. The number of methoxy groups -OCH3 is 1. The standard InChI is InChI=1S/C22H25NO5/c1-4-15(2)17-7-5-6-8-18(17)23-21(25)14-28-22(26)12-10-16-9-11-19(24)20(13-16)27-3/h5-13,15,24H,4,14H2,1-3H3,(H,23,25). The van der Waals surface area contributed by atoms with Crippen LogP contribution < -0.4 is 10.1 Å². The van der Waals surface area contributed by atoms with E-state index in [9.17, 15) is 14.7 Å². The molecule has 2 N–H and O–H groups in total. The second-order valence-corrected chi connectivity index (χ2v) is 6.32. The van der Waals surface area contributed by atoms with Crippen LogP contribution in [0.5, 0.6) is 11.5 Å². The largest absolute Gasteiger partial charge is 0.504 e. The third-order valence-corrected chi connectivity index (χ3v) is 4.34. The van der Waals surface area contributed by atoms with Crippen molar-refractivity contribution in [3.63, 3.8) is 0 Å². The Morgan fingerprint density at radius 1 is 1.21 bits per heavy atom. The predicted molar refractivity (Wildman–Crippen MR) is 108 cm³/mol. The zero-order chi connectivity index (χ0) is 20.5. The van der Waals surface area contributed by atoms with E-state index in [1.165, 1.54) is 25.3 Å². The summed E-state index contributed by atoms with van der Waals surface area (Å²) in [6, 6.07) is 12.3. The van der Waals surface area contributed by atoms with Gasteiger partial charge in [-0.25, -0.2) is 4.79 Å². The lowest BCUT2D eigenvalue weighted by molar-refractivity contribution is -0.142. The van der Waals surface area contributed by atoms with E-state index >= 15 is 0 Å². The van der Waals surface area contributed by atoms with Gasteiger partial charge >= 0.3 is 5.97 Å². The molecule has 0 fully saturated rings. The molecule has 28 heavy (non-hydrogen) atoms. The molecule has 2 aromatic carbocycles. The van der Waals surface area contributed by atoms with Crippen LogP contribution in [-0.4, -0.2) is 30.7 Å². The van der Waals surface area contributed by atoms with E-state index in [1.54, 1.807) is 12.1 Å². The third kappa shape index (κ3) is 5.87. The molecule has 6 heteroatoms. The Hall–Kier alpha value is -3.28. The van der Waals surface area contributed by atoms with Gasteiger partial charge in [0, 0.05) is 11.8 Å². The summed E-state index contributed by atoms with van der Waals surface area (Å²) in [7, 11) is 1.44. The first-order valence-corrected chi connectivity index (χ1v) is 9.05. The minimum absolute atomic E-state index is 0.0107. The van der Waals surface area contributed by atoms with Crippen LogP contribution in [0.15, 0.2) is 48.5 Å². The second-order valence-electron chi connectivity index (χ2n) is 6.32. The number of anilines is 1. The van der Waals surface area contributed by atoms with Gasteiger partial charge in [-0.15, -0.1) is 0 Å². The first-order chi connectivity index (χ1) is 13.4. The third-order valence-electron chi connectivity index (χ3n) is 4.34. The Morgan fingerprint density at radius 2 is 1.96 bits per heavy atom. The van der Waals surface area contributed by atoms with Crippen molar-refractivity contribution in [1.82, 2.24) is 0 Å². The molecule has 0 saturated heterocycles. The molecule has 6 nitrogen and oxygen atoms in total. The van der Waals surface area contributed by atoms with Crippen molar-refractivity contribution in [3.8, 4) is 11.5 Å². The van der Waals surface area contributed by atoms with Crippen LogP contribution in [0.4, 0.5) is 5.69 Å². The Bertz CT molecular complexity index is 860. The fourth-order valence-electron chi connectivity index (χ4n) is 2.59. The molecule has 0 radical (unpaired) electrons. The number of para-hydroxylation sites is 1. The molecule has 2 rings (SSSR count). The van der Waals surface area contributed by atoms with Crippen molar-refractivity contribution < 1.29 is 24.2 Å². The lowest BCUT2D eigenvalue weighted by Gasteiger charge is -2.15. The molecule has 0 aliphatic heterocycles. The summed E-state index contributed by atoms with van der Waals surface area (Å²) in [5.74, 6) is -0.420.